The molecule has 0 N–H and O–H groups in total. The SMILES string of the molecule is CCC(C)(C#N)Cc1cc(F)ccc1[N+](=O)[O-]. The molecule has 1 atom stereocenters. The molecule has 4 nitrogen and oxygen atoms in total. The average Bonchev–Trinajstić information content (AvgIpc) is 2.28. The second-order valence-electron chi connectivity index (χ2n) is 4.23. The molecule has 0 fully saturated rings. The minimum absolute atomic E-state index is 0.138. The van der Waals surface area contributed by atoms with E-state index >= 15 is 0 Å². The number of hydrogen-bond acceptors (Lipinski definition) is 3. The van der Waals surface area contributed by atoms with Gasteiger partial charge in [0.2, 0.25) is 0 Å². The normalized spacial score (nSPS) is 13.8. The summed E-state index contributed by atoms with van der Waals surface area (Å²) in [5, 5.41) is 19.8. The standard InChI is InChI=1S/C12H13FN2O2/c1-3-12(2,8-14)7-9-6-10(13)4-5-11(9)15(16)17/h4-6H,3,7H2,1-2H3. The van der Waals surface area contributed by atoms with Crippen LogP contribution < -0.4 is 0 Å². The fourth-order valence-electron chi connectivity index (χ4n) is 1.54. The predicted octanol–water partition coefficient (Wildman–Crippen LogP) is 3.22. The summed E-state index contributed by atoms with van der Waals surface area (Å²) < 4.78 is 13.1. The van der Waals surface area contributed by atoms with Crippen LogP contribution in [0.2, 0.25) is 0 Å². The number of nitrogens with zero attached hydrogens (tertiary/aromatic N) is 2. The molecular weight excluding hydrogens is 223 g/mol. The Hall–Kier alpha value is -1.96. The number of nitro benzene ring substituents is 1. The van der Waals surface area contributed by atoms with Crippen molar-refractivity contribution < 1.29 is 9.31 Å². The second-order valence-corrected chi connectivity index (χ2v) is 4.23. The Morgan fingerprint density at radius 3 is 2.71 bits per heavy atom. The van der Waals surface area contributed by atoms with Crippen molar-refractivity contribution in [3.63, 3.8) is 0 Å². The smallest absolute Gasteiger partial charge is 0.258 e. The van der Waals surface area contributed by atoms with Crippen LogP contribution in [0.25, 0.3) is 0 Å². The summed E-state index contributed by atoms with van der Waals surface area (Å²) in [7, 11) is 0. The van der Waals surface area contributed by atoms with E-state index in [-0.39, 0.29) is 17.7 Å². The van der Waals surface area contributed by atoms with Crippen LogP contribution >= 0.6 is 0 Å². The van der Waals surface area contributed by atoms with E-state index in [1.54, 1.807) is 6.92 Å². The molecule has 0 radical (unpaired) electrons. The zero-order chi connectivity index (χ0) is 13.1. The first-order chi connectivity index (χ1) is 7.91. The summed E-state index contributed by atoms with van der Waals surface area (Å²) in [6.07, 6.45) is 0.727. The lowest BCUT2D eigenvalue weighted by Gasteiger charge is -2.18. The van der Waals surface area contributed by atoms with E-state index < -0.39 is 16.2 Å². The van der Waals surface area contributed by atoms with Crippen molar-refractivity contribution in [3.05, 3.63) is 39.7 Å². The molecule has 0 aliphatic heterocycles. The highest BCUT2D eigenvalue weighted by molar-refractivity contribution is 5.41. The fourth-order valence-corrected chi connectivity index (χ4v) is 1.54. The van der Waals surface area contributed by atoms with Gasteiger partial charge in [-0.3, -0.25) is 10.1 Å². The molecule has 0 aromatic heterocycles. The summed E-state index contributed by atoms with van der Waals surface area (Å²) >= 11 is 0. The van der Waals surface area contributed by atoms with E-state index in [0.29, 0.717) is 6.42 Å². The second kappa shape index (κ2) is 4.91. The van der Waals surface area contributed by atoms with Crippen LogP contribution in [0.15, 0.2) is 18.2 Å². The van der Waals surface area contributed by atoms with Gasteiger partial charge in [0.25, 0.3) is 5.69 Å². The summed E-state index contributed by atoms with van der Waals surface area (Å²) in [6.45, 7) is 3.54. The third kappa shape index (κ3) is 3.00. The average molecular weight is 236 g/mol. The van der Waals surface area contributed by atoms with Gasteiger partial charge >= 0.3 is 0 Å². The largest absolute Gasteiger partial charge is 0.272 e. The van der Waals surface area contributed by atoms with Gasteiger partial charge < -0.3 is 0 Å². The number of hydrogen-bond donors (Lipinski definition) is 0. The summed E-state index contributed by atoms with van der Waals surface area (Å²) in [5.74, 6) is -0.526. The lowest BCUT2D eigenvalue weighted by atomic mass is 9.82. The van der Waals surface area contributed by atoms with Crippen LogP contribution in [0.3, 0.4) is 0 Å². The van der Waals surface area contributed by atoms with Crippen molar-refractivity contribution in [3.8, 4) is 6.07 Å². The van der Waals surface area contributed by atoms with E-state index in [0.717, 1.165) is 18.2 Å². The first kappa shape index (κ1) is 13.1. The van der Waals surface area contributed by atoms with Gasteiger partial charge in [-0.2, -0.15) is 5.26 Å². The molecule has 5 heteroatoms. The zero-order valence-electron chi connectivity index (χ0n) is 9.74. The van der Waals surface area contributed by atoms with Crippen molar-refractivity contribution >= 4 is 5.69 Å². The molecule has 1 aromatic rings. The molecular formula is C12H13FN2O2. The molecule has 1 rings (SSSR count). The molecule has 90 valence electrons. The predicted molar refractivity (Wildman–Crippen MR) is 60.8 cm³/mol. The lowest BCUT2D eigenvalue weighted by Crippen LogP contribution is -2.16. The molecule has 0 spiro atoms. The quantitative estimate of drug-likeness (QED) is 0.595. The van der Waals surface area contributed by atoms with Crippen molar-refractivity contribution in [2.45, 2.75) is 26.7 Å². The van der Waals surface area contributed by atoms with Crippen LogP contribution in [0, 0.1) is 32.7 Å². The zero-order valence-corrected chi connectivity index (χ0v) is 9.74. The lowest BCUT2D eigenvalue weighted by molar-refractivity contribution is -0.385. The van der Waals surface area contributed by atoms with Crippen LogP contribution in [0.1, 0.15) is 25.8 Å². The molecule has 0 aliphatic rings. The molecule has 1 aromatic carbocycles. The van der Waals surface area contributed by atoms with E-state index in [4.69, 9.17) is 5.26 Å². The van der Waals surface area contributed by atoms with E-state index in [1.807, 2.05) is 6.92 Å². The molecule has 0 bridgehead atoms. The van der Waals surface area contributed by atoms with Crippen molar-refractivity contribution in [2.24, 2.45) is 5.41 Å². The van der Waals surface area contributed by atoms with Crippen LogP contribution in [-0.2, 0) is 6.42 Å². The molecule has 1 unspecified atom stereocenters. The van der Waals surface area contributed by atoms with E-state index in [2.05, 4.69) is 6.07 Å². The maximum atomic E-state index is 13.1. The highest BCUT2D eigenvalue weighted by Gasteiger charge is 2.26. The van der Waals surface area contributed by atoms with Crippen LogP contribution in [0.5, 0.6) is 0 Å². The number of halogens is 1. The van der Waals surface area contributed by atoms with Crippen molar-refractivity contribution in [1.82, 2.24) is 0 Å². The van der Waals surface area contributed by atoms with Crippen molar-refractivity contribution in [2.75, 3.05) is 0 Å². The third-order valence-corrected chi connectivity index (χ3v) is 2.87. The summed E-state index contributed by atoms with van der Waals surface area (Å²) in [4.78, 5) is 10.2. The van der Waals surface area contributed by atoms with E-state index in [9.17, 15) is 14.5 Å². The minimum Gasteiger partial charge on any atom is -0.258 e. The molecule has 17 heavy (non-hydrogen) atoms. The maximum Gasteiger partial charge on any atom is 0.272 e. The first-order valence-corrected chi connectivity index (χ1v) is 5.26. The minimum atomic E-state index is -0.710. The summed E-state index contributed by atoms with van der Waals surface area (Å²) in [6, 6.07) is 5.44. The molecule has 0 aliphatic carbocycles. The van der Waals surface area contributed by atoms with Gasteiger partial charge in [-0.05, 0) is 31.9 Å². The maximum absolute atomic E-state index is 13.1. The number of nitro groups is 1. The van der Waals surface area contributed by atoms with E-state index in [1.165, 1.54) is 0 Å². The molecule has 0 saturated heterocycles. The van der Waals surface area contributed by atoms with Gasteiger partial charge in [0.15, 0.2) is 0 Å². The molecule has 0 amide bonds. The Morgan fingerprint density at radius 1 is 1.59 bits per heavy atom. The Morgan fingerprint density at radius 2 is 2.24 bits per heavy atom. The highest BCUT2D eigenvalue weighted by Crippen LogP contribution is 2.30. The topological polar surface area (TPSA) is 66.9 Å². The monoisotopic (exact) mass is 236 g/mol. The number of nitriles is 1. The van der Waals surface area contributed by atoms with Crippen LogP contribution in [-0.4, -0.2) is 4.92 Å². The summed E-state index contributed by atoms with van der Waals surface area (Å²) in [5.41, 5.74) is -0.583. The van der Waals surface area contributed by atoms with Gasteiger partial charge in [0, 0.05) is 11.6 Å². The Bertz CT molecular complexity index is 482. The number of benzene rings is 1. The van der Waals surface area contributed by atoms with Gasteiger partial charge in [-0.15, -0.1) is 0 Å². The first-order valence-electron chi connectivity index (χ1n) is 5.26. The Balaban J connectivity index is 3.17. The molecule has 0 saturated carbocycles. The molecule has 0 heterocycles. The Kier molecular flexibility index (Phi) is 3.79. The van der Waals surface area contributed by atoms with Gasteiger partial charge in [0.1, 0.15) is 5.82 Å². The van der Waals surface area contributed by atoms with Gasteiger partial charge in [-0.1, -0.05) is 6.92 Å². The third-order valence-electron chi connectivity index (χ3n) is 2.87. The van der Waals surface area contributed by atoms with Gasteiger partial charge in [0.05, 0.1) is 16.4 Å². The van der Waals surface area contributed by atoms with Crippen LogP contribution in [0.4, 0.5) is 10.1 Å². The number of rotatable bonds is 4. The fraction of sp³-hybridized carbons (Fsp3) is 0.417. The van der Waals surface area contributed by atoms with Crippen molar-refractivity contribution in [1.29, 1.82) is 5.26 Å². The highest BCUT2D eigenvalue weighted by atomic mass is 19.1. The Labute approximate surface area is 98.8 Å². The van der Waals surface area contributed by atoms with Gasteiger partial charge in [-0.25, -0.2) is 4.39 Å².